The van der Waals surface area contributed by atoms with Crippen LogP contribution < -0.4 is 11.1 Å². The smallest absolute Gasteiger partial charge is 0.249 e. The summed E-state index contributed by atoms with van der Waals surface area (Å²) in [6.45, 7) is 1.61. The van der Waals surface area contributed by atoms with Gasteiger partial charge in [-0.05, 0) is 37.9 Å². The van der Waals surface area contributed by atoms with Crippen molar-refractivity contribution in [2.45, 2.75) is 13.1 Å². The third-order valence-corrected chi connectivity index (χ3v) is 3.77. The van der Waals surface area contributed by atoms with Crippen molar-refractivity contribution in [1.29, 1.82) is 0 Å². The fourth-order valence-electron chi connectivity index (χ4n) is 1.94. The van der Waals surface area contributed by atoms with Crippen LogP contribution in [0.2, 0.25) is 0 Å². The van der Waals surface area contributed by atoms with Crippen molar-refractivity contribution in [2.75, 3.05) is 19.4 Å². The minimum Gasteiger partial charge on any atom is -0.380 e. The zero-order chi connectivity index (χ0) is 14.5. The molecule has 0 unspecified atom stereocenters. The molecule has 0 saturated heterocycles. The lowest BCUT2D eigenvalue weighted by Crippen LogP contribution is -2.10. The number of primary amides is 1. The number of benzene rings is 1. The maximum absolute atomic E-state index is 11.0. The van der Waals surface area contributed by atoms with Crippen LogP contribution in [0.4, 0.5) is 5.69 Å². The highest BCUT2D eigenvalue weighted by Crippen LogP contribution is 2.17. The molecule has 1 amide bonds. The summed E-state index contributed by atoms with van der Waals surface area (Å²) in [6.07, 6.45) is 0. The molecule has 2 aromatic rings. The molecule has 1 heterocycles. The van der Waals surface area contributed by atoms with Crippen molar-refractivity contribution in [3.05, 3.63) is 51.7 Å². The fourth-order valence-corrected chi connectivity index (χ4v) is 2.75. The van der Waals surface area contributed by atoms with Crippen molar-refractivity contribution in [1.82, 2.24) is 4.90 Å². The van der Waals surface area contributed by atoms with E-state index in [0.717, 1.165) is 17.1 Å². The summed E-state index contributed by atoms with van der Waals surface area (Å²) in [5, 5.41) is 5.16. The van der Waals surface area contributed by atoms with Gasteiger partial charge in [-0.15, -0.1) is 11.3 Å². The zero-order valence-corrected chi connectivity index (χ0v) is 12.5. The summed E-state index contributed by atoms with van der Waals surface area (Å²) in [6, 6.07) is 10.2. The third-order valence-electron chi connectivity index (χ3n) is 2.83. The Bertz CT molecular complexity index is 592. The maximum atomic E-state index is 11.0. The van der Waals surface area contributed by atoms with Crippen LogP contribution in [-0.2, 0) is 13.1 Å². The van der Waals surface area contributed by atoms with Crippen LogP contribution in [0.3, 0.4) is 0 Å². The van der Waals surface area contributed by atoms with Gasteiger partial charge in [-0.25, -0.2) is 0 Å². The SMILES string of the molecule is CN(C)Cc1cccc(NCc2cc(C(N)=O)cs2)c1. The Morgan fingerprint density at radius 3 is 2.80 bits per heavy atom. The summed E-state index contributed by atoms with van der Waals surface area (Å²) < 4.78 is 0. The quantitative estimate of drug-likeness (QED) is 0.859. The van der Waals surface area contributed by atoms with E-state index >= 15 is 0 Å². The highest BCUT2D eigenvalue weighted by atomic mass is 32.1. The normalized spacial score (nSPS) is 10.8. The summed E-state index contributed by atoms with van der Waals surface area (Å²) in [4.78, 5) is 14.3. The van der Waals surface area contributed by atoms with Crippen LogP contribution in [0, 0.1) is 0 Å². The summed E-state index contributed by atoms with van der Waals surface area (Å²) in [5.41, 5.74) is 8.17. The van der Waals surface area contributed by atoms with E-state index in [9.17, 15) is 4.79 Å². The lowest BCUT2D eigenvalue weighted by atomic mass is 10.2. The minimum absolute atomic E-state index is 0.375. The molecule has 0 atom stereocenters. The molecule has 0 aliphatic heterocycles. The highest BCUT2D eigenvalue weighted by Gasteiger charge is 2.04. The van der Waals surface area contributed by atoms with E-state index in [4.69, 9.17) is 5.73 Å². The van der Waals surface area contributed by atoms with Crippen LogP contribution in [0.5, 0.6) is 0 Å². The van der Waals surface area contributed by atoms with Gasteiger partial charge in [0.1, 0.15) is 0 Å². The van der Waals surface area contributed by atoms with Crippen molar-refractivity contribution >= 4 is 22.9 Å². The number of thiophene rings is 1. The van der Waals surface area contributed by atoms with Crippen molar-refractivity contribution in [2.24, 2.45) is 5.73 Å². The number of amides is 1. The molecule has 1 aromatic carbocycles. The highest BCUT2D eigenvalue weighted by molar-refractivity contribution is 7.10. The molecule has 20 heavy (non-hydrogen) atoms. The predicted molar refractivity (Wildman–Crippen MR) is 84.0 cm³/mol. The van der Waals surface area contributed by atoms with Gasteiger partial charge in [0.15, 0.2) is 0 Å². The predicted octanol–water partition coefficient (Wildman–Crippen LogP) is 2.52. The number of rotatable bonds is 6. The topological polar surface area (TPSA) is 58.4 Å². The monoisotopic (exact) mass is 289 g/mol. The summed E-state index contributed by atoms with van der Waals surface area (Å²) in [5.74, 6) is -0.375. The van der Waals surface area contributed by atoms with E-state index in [1.54, 1.807) is 16.7 Å². The first-order valence-electron chi connectivity index (χ1n) is 6.39. The number of nitrogens with two attached hydrogens (primary N) is 1. The molecule has 0 spiro atoms. The zero-order valence-electron chi connectivity index (χ0n) is 11.7. The molecule has 0 radical (unpaired) electrons. The van der Waals surface area contributed by atoms with Gasteiger partial charge < -0.3 is 16.0 Å². The van der Waals surface area contributed by atoms with Gasteiger partial charge in [-0.3, -0.25) is 4.79 Å². The van der Waals surface area contributed by atoms with Gasteiger partial charge in [0.25, 0.3) is 0 Å². The molecule has 2 rings (SSSR count). The molecular formula is C15H19N3OS. The molecule has 4 nitrogen and oxygen atoms in total. The summed E-state index contributed by atoms with van der Waals surface area (Å²) >= 11 is 1.54. The summed E-state index contributed by atoms with van der Waals surface area (Å²) in [7, 11) is 4.11. The molecule has 106 valence electrons. The number of hydrogen-bond acceptors (Lipinski definition) is 4. The van der Waals surface area contributed by atoms with Crippen LogP contribution in [0.25, 0.3) is 0 Å². The first-order valence-corrected chi connectivity index (χ1v) is 7.27. The van der Waals surface area contributed by atoms with E-state index in [0.29, 0.717) is 12.1 Å². The van der Waals surface area contributed by atoms with Gasteiger partial charge in [-0.2, -0.15) is 0 Å². The maximum Gasteiger partial charge on any atom is 0.249 e. The van der Waals surface area contributed by atoms with Gasteiger partial charge in [0.2, 0.25) is 5.91 Å². The lowest BCUT2D eigenvalue weighted by molar-refractivity contribution is 0.100. The standard InChI is InChI=1S/C15H19N3OS/c1-18(2)9-11-4-3-5-13(6-11)17-8-14-7-12(10-20-14)15(16)19/h3-7,10,17H,8-9H2,1-2H3,(H2,16,19). The van der Waals surface area contributed by atoms with Crippen LogP contribution in [-0.4, -0.2) is 24.9 Å². The Kier molecular flexibility index (Phi) is 4.76. The molecule has 5 heteroatoms. The average Bonchev–Trinajstić information content (AvgIpc) is 2.85. The first-order chi connectivity index (χ1) is 9.54. The molecule has 1 aromatic heterocycles. The largest absolute Gasteiger partial charge is 0.380 e. The Balaban J connectivity index is 1.97. The Labute approximate surface area is 123 Å². The van der Waals surface area contributed by atoms with E-state index in [-0.39, 0.29) is 5.91 Å². The van der Waals surface area contributed by atoms with E-state index in [1.807, 2.05) is 18.2 Å². The van der Waals surface area contributed by atoms with Gasteiger partial charge >= 0.3 is 0 Å². The Hall–Kier alpha value is -1.85. The third kappa shape index (κ3) is 4.08. The van der Waals surface area contributed by atoms with Crippen molar-refractivity contribution < 1.29 is 4.79 Å². The fraction of sp³-hybridized carbons (Fsp3) is 0.267. The van der Waals surface area contributed by atoms with Gasteiger partial charge in [0.05, 0.1) is 5.56 Å². The van der Waals surface area contributed by atoms with Crippen LogP contribution in [0.15, 0.2) is 35.7 Å². The number of carbonyl (C=O) groups is 1. The molecule has 0 saturated carbocycles. The van der Waals surface area contributed by atoms with E-state index in [1.165, 1.54) is 5.56 Å². The van der Waals surface area contributed by atoms with Crippen LogP contribution >= 0.6 is 11.3 Å². The lowest BCUT2D eigenvalue weighted by Gasteiger charge is -2.11. The number of nitrogens with zero attached hydrogens (tertiary/aromatic N) is 1. The average molecular weight is 289 g/mol. The first kappa shape index (κ1) is 14.6. The number of carbonyl (C=O) groups excluding carboxylic acids is 1. The minimum atomic E-state index is -0.375. The second-order valence-electron chi connectivity index (χ2n) is 4.96. The Morgan fingerprint density at radius 1 is 1.35 bits per heavy atom. The second kappa shape index (κ2) is 6.54. The molecule has 3 N–H and O–H groups in total. The molecule has 0 aliphatic rings. The van der Waals surface area contributed by atoms with E-state index < -0.39 is 0 Å². The molecule has 0 fully saturated rings. The number of hydrogen-bond donors (Lipinski definition) is 2. The Morgan fingerprint density at radius 2 is 2.15 bits per heavy atom. The van der Waals surface area contributed by atoms with E-state index in [2.05, 4.69) is 36.4 Å². The van der Waals surface area contributed by atoms with Crippen molar-refractivity contribution in [3.8, 4) is 0 Å². The van der Waals surface area contributed by atoms with Gasteiger partial charge in [-0.1, -0.05) is 12.1 Å². The number of nitrogens with one attached hydrogen (secondary N) is 1. The van der Waals surface area contributed by atoms with Crippen molar-refractivity contribution in [3.63, 3.8) is 0 Å². The molecule has 0 aliphatic carbocycles. The van der Waals surface area contributed by atoms with Crippen LogP contribution in [0.1, 0.15) is 20.8 Å². The molecular weight excluding hydrogens is 270 g/mol. The van der Waals surface area contributed by atoms with Gasteiger partial charge in [0, 0.05) is 29.0 Å². The second-order valence-corrected chi connectivity index (χ2v) is 5.95. The molecule has 0 bridgehead atoms. The number of anilines is 1.